The van der Waals surface area contributed by atoms with Crippen LogP contribution in [0.3, 0.4) is 0 Å². The van der Waals surface area contributed by atoms with Gasteiger partial charge in [-0.2, -0.15) is 0 Å². The van der Waals surface area contributed by atoms with Crippen LogP contribution in [0.15, 0.2) is 0 Å². The van der Waals surface area contributed by atoms with E-state index in [0.717, 1.165) is 12.8 Å². The van der Waals surface area contributed by atoms with Gasteiger partial charge in [0, 0.05) is 12.1 Å². The second-order valence-corrected chi connectivity index (χ2v) is 4.01. The summed E-state index contributed by atoms with van der Waals surface area (Å²) in [6, 6.07) is 0. The maximum absolute atomic E-state index is 10.5. The molecular weight excluding hydrogens is 178 g/mol. The summed E-state index contributed by atoms with van der Waals surface area (Å²) >= 11 is 5.83. The number of halogens is 1. The second kappa shape index (κ2) is 3.73. The molecule has 0 spiro atoms. The molecule has 0 N–H and O–H groups in total. The summed E-state index contributed by atoms with van der Waals surface area (Å²) in [7, 11) is 0. The first kappa shape index (κ1) is 9.96. The molecule has 0 bridgehead atoms. The van der Waals surface area contributed by atoms with Gasteiger partial charge >= 0.3 is 0 Å². The number of rotatable bonds is 2. The largest absolute Gasteiger partial charge is 0.378 e. The van der Waals surface area contributed by atoms with E-state index in [2.05, 4.69) is 0 Å². The lowest BCUT2D eigenvalue weighted by Gasteiger charge is -2.42. The van der Waals surface area contributed by atoms with Crippen molar-refractivity contribution >= 4 is 17.9 Å². The Kier molecular flexibility index (Phi) is 3.09. The van der Waals surface area contributed by atoms with Crippen molar-refractivity contribution in [1.82, 2.24) is 4.90 Å². The van der Waals surface area contributed by atoms with Crippen molar-refractivity contribution in [3.63, 3.8) is 0 Å². The topological polar surface area (TPSA) is 29.5 Å². The van der Waals surface area contributed by atoms with E-state index in [1.54, 1.807) is 0 Å². The Morgan fingerprint density at radius 2 is 2.33 bits per heavy atom. The lowest BCUT2D eigenvalue weighted by molar-refractivity contribution is -0.116. The summed E-state index contributed by atoms with van der Waals surface area (Å²) in [5.41, 5.74) is -0.658. The molecule has 1 rings (SSSR count). The number of morpholine rings is 1. The summed E-state index contributed by atoms with van der Waals surface area (Å²) in [6.45, 7) is 6.04. The minimum atomic E-state index is -0.524. The fourth-order valence-electron chi connectivity index (χ4n) is 1.40. The van der Waals surface area contributed by atoms with Gasteiger partial charge in [-0.25, -0.2) is 0 Å². The molecule has 0 aliphatic carbocycles. The number of carbonyl (C=O) groups is 1. The van der Waals surface area contributed by atoms with E-state index in [0.29, 0.717) is 13.2 Å². The van der Waals surface area contributed by atoms with Crippen LogP contribution in [-0.2, 0) is 9.53 Å². The molecule has 1 fully saturated rings. The Morgan fingerprint density at radius 1 is 1.67 bits per heavy atom. The van der Waals surface area contributed by atoms with Crippen LogP contribution >= 0.6 is 11.6 Å². The van der Waals surface area contributed by atoms with E-state index in [1.165, 1.54) is 0 Å². The molecule has 0 aromatic carbocycles. The van der Waals surface area contributed by atoms with Crippen molar-refractivity contribution in [1.29, 1.82) is 0 Å². The third kappa shape index (κ3) is 1.97. The van der Waals surface area contributed by atoms with Crippen LogP contribution in [0.4, 0.5) is 0 Å². The lowest BCUT2D eigenvalue weighted by Crippen LogP contribution is -2.56. The Labute approximate surface area is 77.6 Å². The van der Waals surface area contributed by atoms with E-state index in [1.807, 2.05) is 18.7 Å². The van der Waals surface area contributed by atoms with Crippen LogP contribution in [0.1, 0.15) is 13.8 Å². The number of alkyl halides is 1. The lowest BCUT2D eigenvalue weighted by atomic mass is 10.0. The molecule has 70 valence electrons. The zero-order valence-electron chi connectivity index (χ0n) is 7.42. The molecule has 1 aliphatic rings. The molecule has 1 atom stereocenters. The van der Waals surface area contributed by atoms with E-state index in [4.69, 9.17) is 16.3 Å². The Balaban J connectivity index is 2.65. The number of aldehydes is 1. The first-order valence-electron chi connectivity index (χ1n) is 4.02. The van der Waals surface area contributed by atoms with Gasteiger partial charge in [-0.3, -0.25) is 4.90 Å². The third-order valence-electron chi connectivity index (χ3n) is 2.12. The molecule has 3 nitrogen and oxygen atoms in total. The average molecular weight is 192 g/mol. The van der Waals surface area contributed by atoms with Crippen LogP contribution in [0.25, 0.3) is 0 Å². The van der Waals surface area contributed by atoms with Gasteiger partial charge in [-0.15, -0.1) is 0 Å². The predicted molar refractivity (Wildman–Crippen MR) is 47.3 cm³/mol. The van der Waals surface area contributed by atoms with Crippen molar-refractivity contribution in [2.75, 3.05) is 19.8 Å². The van der Waals surface area contributed by atoms with E-state index < -0.39 is 5.50 Å². The van der Waals surface area contributed by atoms with Crippen LogP contribution in [0, 0.1) is 0 Å². The Hall–Kier alpha value is -0.120. The van der Waals surface area contributed by atoms with E-state index >= 15 is 0 Å². The summed E-state index contributed by atoms with van der Waals surface area (Å²) in [4.78, 5) is 12.4. The minimum Gasteiger partial charge on any atom is -0.378 e. The Bertz CT molecular complexity index is 172. The van der Waals surface area contributed by atoms with Crippen molar-refractivity contribution in [2.24, 2.45) is 0 Å². The zero-order valence-corrected chi connectivity index (χ0v) is 8.17. The van der Waals surface area contributed by atoms with Gasteiger partial charge in [0.05, 0.1) is 13.2 Å². The fraction of sp³-hybridized carbons (Fsp3) is 0.875. The predicted octanol–water partition coefficient (Wildman–Crippen LogP) is 0.861. The van der Waals surface area contributed by atoms with Gasteiger partial charge in [-0.1, -0.05) is 11.6 Å². The molecule has 12 heavy (non-hydrogen) atoms. The normalized spacial score (nSPS) is 26.6. The minimum absolute atomic E-state index is 0.133. The number of carbonyl (C=O) groups excluding carboxylic acids is 1. The van der Waals surface area contributed by atoms with Crippen molar-refractivity contribution in [2.45, 2.75) is 24.9 Å². The number of nitrogens with zero attached hydrogens (tertiary/aromatic N) is 1. The SMILES string of the molecule is CC1(C)COCCN1C(Cl)C=O. The number of hydrogen-bond acceptors (Lipinski definition) is 3. The van der Waals surface area contributed by atoms with Crippen LogP contribution in [0.5, 0.6) is 0 Å². The highest BCUT2D eigenvalue weighted by Crippen LogP contribution is 2.22. The van der Waals surface area contributed by atoms with Gasteiger partial charge in [0.2, 0.25) is 0 Å². The monoisotopic (exact) mass is 191 g/mol. The van der Waals surface area contributed by atoms with Gasteiger partial charge in [0.1, 0.15) is 5.50 Å². The highest BCUT2D eigenvalue weighted by molar-refractivity contribution is 6.27. The number of ether oxygens (including phenoxy) is 1. The van der Waals surface area contributed by atoms with Crippen molar-refractivity contribution < 1.29 is 9.53 Å². The summed E-state index contributed by atoms with van der Waals surface area (Å²) in [5, 5.41) is 0. The highest BCUT2D eigenvalue weighted by Gasteiger charge is 2.34. The quantitative estimate of drug-likeness (QED) is 0.369. The zero-order chi connectivity index (χ0) is 9.19. The van der Waals surface area contributed by atoms with Crippen LogP contribution < -0.4 is 0 Å². The van der Waals surface area contributed by atoms with Crippen molar-refractivity contribution in [3.05, 3.63) is 0 Å². The third-order valence-corrected chi connectivity index (χ3v) is 2.46. The average Bonchev–Trinajstić information content (AvgIpc) is 2.02. The molecule has 0 saturated carbocycles. The molecule has 1 heterocycles. The molecular formula is C8H14ClNO2. The summed E-state index contributed by atoms with van der Waals surface area (Å²) < 4.78 is 5.29. The molecule has 1 aliphatic heterocycles. The molecule has 1 saturated heterocycles. The standard InChI is InChI=1S/C8H14ClNO2/c1-8(2)6-12-4-3-10(8)7(9)5-11/h5,7H,3-4,6H2,1-2H3. The number of hydrogen-bond donors (Lipinski definition) is 0. The maximum Gasteiger partial charge on any atom is 0.152 e. The smallest absolute Gasteiger partial charge is 0.152 e. The highest BCUT2D eigenvalue weighted by atomic mass is 35.5. The maximum atomic E-state index is 10.5. The summed E-state index contributed by atoms with van der Waals surface area (Å²) in [6.07, 6.45) is 0.759. The molecule has 4 heteroatoms. The molecule has 0 radical (unpaired) electrons. The summed E-state index contributed by atoms with van der Waals surface area (Å²) in [5.74, 6) is 0. The fourth-order valence-corrected chi connectivity index (χ4v) is 1.76. The van der Waals surface area contributed by atoms with Crippen molar-refractivity contribution in [3.8, 4) is 0 Å². The van der Waals surface area contributed by atoms with E-state index in [9.17, 15) is 4.79 Å². The van der Waals surface area contributed by atoms with E-state index in [-0.39, 0.29) is 5.54 Å². The Morgan fingerprint density at radius 3 is 2.83 bits per heavy atom. The molecule has 1 unspecified atom stereocenters. The van der Waals surface area contributed by atoms with Gasteiger partial charge in [0.15, 0.2) is 6.29 Å². The first-order valence-corrected chi connectivity index (χ1v) is 4.45. The molecule has 0 aromatic rings. The molecule has 0 amide bonds. The molecule has 0 aromatic heterocycles. The second-order valence-electron chi connectivity index (χ2n) is 3.57. The van der Waals surface area contributed by atoms with Crippen LogP contribution in [-0.4, -0.2) is 42.0 Å². The van der Waals surface area contributed by atoms with Gasteiger partial charge in [0.25, 0.3) is 0 Å². The van der Waals surface area contributed by atoms with Gasteiger partial charge < -0.3 is 9.53 Å². The van der Waals surface area contributed by atoms with Gasteiger partial charge in [-0.05, 0) is 13.8 Å². The van der Waals surface area contributed by atoms with Crippen LogP contribution in [0.2, 0.25) is 0 Å². The first-order chi connectivity index (χ1) is 5.58.